The maximum Gasteiger partial charge on any atom is 0.151 e. The Labute approximate surface area is 121 Å². The molecule has 0 saturated heterocycles. The fourth-order valence-corrected chi connectivity index (χ4v) is 3.14. The Morgan fingerprint density at radius 1 is 1.32 bits per heavy atom. The maximum atomic E-state index is 6.06. The molecule has 3 aromatic rings. The van der Waals surface area contributed by atoms with Crippen LogP contribution in [0.3, 0.4) is 0 Å². The highest BCUT2D eigenvalue weighted by molar-refractivity contribution is 7.13. The predicted octanol–water partition coefficient (Wildman–Crippen LogP) is 5.07. The molecule has 0 aliphatic carbocycles. The van der Waals surface area contributed by atoms with E-state index in [0.717, 1.165) is 28.4 Å². The zero-order valence-electron chi connectivity index (χ0n) is 10.9. The number of nitrogens with zero attached hydrogens (tertiary/aromatic N) is 2. The van der Waals surface area contributed by atoms with Crippen LogP contribution in [0.15, 0.2) is 35.7 Å². The molecule has 98 valence electrons. The normalized spacial score (nSPS) is 11.6. The van der Waals surface area contributed by atoms with Crippen molar-refractivity contribution in [3.63, 3.8) is 0 Å². The number of hydrogen-bond donors (Lipinski definition) is 0. The van der Waals surface area contributed by atoms with Crippen LogP contribution in [0, 0.1) is 5.92 Å². The third-order valence-corrected chi connectivity index (χ3v) is 4.10. The van der Waals surface area contributed by atoms with Crippen LogP contribution in [0.25, 0.3) is 21.7 Å². The van der Waals surface area contributed by atoms with Gasteiger partial charge in [0.2, 0.25) is 0 Å². The summed E-state index contributed by atoms with van der Waals surface area (Å²) in [7, 11) is 0. The lowest BCUT2D eigenvalue weighted by Gasteiger charge is -2.10. The fourth-order valence-electron chi connectivity index (χ4n) is 2.25. The molecule has 19 heavy (non-hydrogen) atoms. The second-order valence-electron chi connectivity index (χ2n) is 5.05. The predicted molar refractivity (Wildman–Crippen MR) is 82.9 cm³/mol. The number of aromatic nitrogens is 2. The molecule has 0 atom stereocenters. The Hall–Kier alpha value is -1.32. The van der Waals surface area contributed by atoms with Crippen molar-refractivity contribution in [1.82, 2.24) is 9.55 Å². The van der Waals surface area contributed by atoms with Gasteiger partial charge in [-0.05, 0) is 35.6 Å². The molecule has 0 saturated carbocycles. The van der Waals surface area contributed by atoms with Gasteiger partial charge in [-0.15, -0.1) is 11.3 Å². The number of thiophene rings is 1. The van der Waals surface area contributed by atoms with E-state index in [1.165, 1.54) is 4.88 Å². The number of rotatable bonds is 3. The monoisotopic (exact) mass is 290 g/mol. The van der Waals surface area contributed by atoms with E-state index in [1.807, 2.05) is 12.1 Å². The molecule has 2 heterocycles. The third kappa shape index (κ3) is 2.40. The Balaban J connectivity index is 2.24. The first-order valence-corrected chi connectivity index (χ1v) is 7.60. The van der Waals surface area contributed by atoms with Gasteiger partial charge in [-0.2, -0.15) is 0 Å². The molecule has 0 bridgehead atoms. The Kier molecular flexibility index (Phi) is 3.33. The van der Waals surface area contributed by atoms with E-state index < -0.39 is 0 Å². The molecule has 4 heteroatoms. The van der Waals surface area contributed by atoms with Crippen molar-refractivity contribution in [3.05, 3.63) is 40.7 Å². The highest BCUT2D eigenvalue weighted by atomic mass is 35.5. The molecular formula is C15H15ClN2S. The van der Waals surface area contributed by atoms with Crippen molar-refractivity contribution >= 4 is 34.0 Å². The highest BCUT2D eigenvalue weighted by Gasteiger charge is 2.14. The lowest BCUT2D eigenvalue weighted by atomic mass is 10.2. The minimum Gasteiger partial charge on any atom is -0.323 e. The van der Waals surface area contributed by atoms with E-state index in [4.69, 9.17) is 16.6 Å². The molecule has 0 unspecified atom stereocenters. The van der Waals surface area contributed by atoms with Crippen molar-refractivity contribution in [2.75, 3.05) is 0 Å². The van der Waals surface area contributed by atoms with E-state index >= 15 is 0 Å². The van der Waals surface area contributed by atoms with Crippen LogP contribution in [0.5, 0.6) is 0 Å². The molecule has 3 rings (SSSR count). The minimum absolute atomic E-state index is 0.576. The molecule has 0 N–H and O–H groups in total. The largest absolute Gasteiger partial charge is 0.323 e. The lowest BCUT2D eigenvalue weighted by Crippen LogP contribution is -2.05. The molecule has 0 radical (unpaired) electrons. The molecule has 1 aromatic carbocycles. The number of halogens is 1. The first-order chi connectivity index (χ1) is 9.15. The maximum absolute atomic E-state index is 6.06. The number of imidazole rings is 1. The van der Waals surface area contributed by atoms with Crippen LogP contribution in [-0.2, 0) is 6.54 Å². The summed E-state index contributed by atoms with van der Waals surface area (Å²) in [5, 5.41) is 2.82. The summed E-state index contributed by atoms with van der Waals surface area (Å²) in [6, 6.07) is 10.1. The highest BCUT2D eigenvalue weighted by Crippen LogP contribution is 2.30. The first kappa shape index (κ1) is 12.7. The van der Waals surface area contributed by atoms with Gasteiger partial charge < -0.3 is 4.57 Å². The molecule has 0 amide bonds. The quantitative estimate of drug-likeness (QED) is 0.658. The van der Waals surface area contributed by atoms with Crippen LogP contribution in [0.4, 0.5) is 0 Å². The van der Waals surface area contributed by atoms with E-state index in [2.05, 4.69) is 42.0 Å². The van der Waals surface area contributed by atoms with Gasteiger partial charge in [-0.3, -0.25) is 0 Å². The second-order valence-corrected chi connectivity index (χ2v) is 6.43. The molecule has 0 aliphatic rings. The SMILES string of the molecule is CC(C)Cn1c(-c2cccs2)nc2cc(Cl)ccc21. The van der Waals surface area contributed by atoms with Crippen molar-refractivity contribution in [2.45, 2.75) is 20.4 Å². The van der Waals surface area contributed by atoms with Gasteiger partial charge in [0, 0.05) is 11.6 Å². The number of fused-ring (bicyclic) bond motifs is 1. The third-order valence-electron chi connectivity index (χ3n) is 3.00. The topological polar surface area (TPSA) is 17.8 Å². The van der Waals surface area contributed by atoms with Gasteiger partial charge in [-0.25, -0.2) is 4.98 Å². The van der Waals surface area contributed by atoms with E-state index in [1.54, 1.807) is 11.3 Å². The van der Waals surface area contributed by atoms with Crippen molar-refractivity contribution in [3.8, 4) is 10.7 Å². The summed E-state index contributed by atoms with van der Waals surface area (Å²) < 4.78 is 2.29. The molecular weight excluding hydrogens is 276 g/mol. The van der Waals surface area contributed by atoms with Crippen LogP contribution >= 0.6 is 22.9 Å². The number of hydrogen-bond acceptors (Lipinski definition) is 2. The van der Waals surface area contributed by atoms with Gasteiger partial charge in [0.15, 0.2) is 5.82 Å². The summed E-state index contributed by atoms with van der Waals surface area (Å²) in [4.78, 5) is 5.96. The zero-order valence-corrected chi connectivity index (χ0v) is 12.5. The first-order valence-electron chi connectivity index (χ1n) is 6.35. The molecule has 0 fully saturated rings. The van der Waals surface area contributed by atoms with Crippen molar-refractivity contribution in [2.24, 2.45) is 5.92 Å². The fraction of sp³-hybridized carbons (Fsp3) is 0.267. The molecule has 2 nitrogen and oxygen atoms in total. The van der Waals surface area contributed by atoms with Gasteiger partial charge in [0.05, 0.1) is 15.9 Å². The van der Waals surface area contributed by atoms with Crippen molar-refractivity contribution in [1.29, 1.82) is 0 Å². The smallest absolute Gasteiger partial charge is 0.151 e. The van der Waals surface area contributed by atoms with E-state index in [-0.39, 0.29) is 0 Å². The zero-order chi connectivity index (χ0) is 13.4. The van der Waals surface area contributed by atoms with Gasteiger partial charge in [0.25, 0.3) is 0 Å². The summed E-state index contributed by atoms with van der Waals surface area (Å²) >= 11 is 7.78. The summed E-state index contributed by atoms with van der Waals surface area (Å²) in [6.07, 6.45) is 0. The standard InChI is InChI=1S/C15H15ClN2S/c1-10(2)9-18-13-6-5-11(16)8-12(13)17-15(18)14-4-3-7-19-14/h3-8,10H,9H2,1-2H3. The van der Waals surface area contributed by atoms with Gasteiger partial charge in [-0.1, -0.05) is 31.5 Å². The summed E-state index contributed by atoms with van der Waals surface area (Å²) in [5.74, 6) is 1.62. The van der Waals surface area contributed by atoms with Crippen LogP contribution in [0.1, 0.15) is 13.8 Å². The Morgan fingerprint density at radius 3 is 2.84 bits per heavy atom. The Morgan fingerprint density at radius 2 is 2.16 bits per heavy atom. The van der Waals surface area contributed by atoms with Crippen molar-refractivity contribution < 1.29 is 0 Å². The van der Waals surface area contributed by atoms with Gasteiger partial charge in [0.1, 0.15) is 0 Å². The lowest BCUT2D eigenvalue weighted by molar-refractivity contribution is 0.537. The average molecular weight is 291 g/mol. The van der Waals surface area contributed by atoms with Crippen LogP contribution in [0.2, 0.25) is 5.02 Å². The van der Waals surface area contributed by atoms with E-state index in [0.29, 0.717) is 5.92 Å². The van der Waals surface area contributed by atoms with Crippen LogP contribution < -0.4 is 0 Å². The summed E-state index contributed by atoms with van der Waals surface area (Å²) in [6.45, 7) is 5.41. The molecule has 0 aliphatic heterocycles. The summed E-state index contributed by atoms with van der Waals surface area (Å²) in [5.41, 5.74) is 2.12. The van der Waals surface area contributed by atoms with E-state index in [9.17, 15) is 0 Å². The average Bonchev–Trinajstić information content (AvgIpc) is 2.96. The van der Waals surface area contributed by atoms with Gasteiger partial charge >= 0.3 is 0 Å². The minimum atomic E-state index is 0.576. The number of benzene rings is 1. The second kappa shape index (κ2) is 4.99. The Bertz CT molecular complexity index is 698. The molecule has 2 aromatic heterocycles. The molecule has 0 spiro atoms. The van der Waals surface area contributed by atoms with Crippen LogP contribution in [-0.4, -0.2) is 9.55 Å².